The van der Waals surface area contributed by atoms with Crippen LogP contribution in [0.4, 0.5) is 0 Å². The van der Waals surface area contributed by atoms with Crippen molar-refractivity contribution in [2.45, 2.75) is 80.6 Å². The zero-order valence-corrected chi connectivity index (χ0v) is 22.2. The third kappa shape index (κ3) is 6.44. The standard InChI is InChI=1S/C32H41NO/c1-8-21(2)11-9-14-32(34)29-18-22(3)17-23(4)30-16-15-27(19-28(30)20-29)25(6)26(7)31-13-10-12-24(5)33-31/h10,12-13,15-16,18-22H,8-9,11,14,17H2,1-7H3/b26-25-,28-20-,29-18+,30-23+. The van der Waals surface area contributed by atoms with E-state index >= 15 is 0 Å². The van der Waals surface area contributed by atoms with Gasteiger partial charge >= 0.3 is 0 Å². The van der Waals surface area contributed by atoms with E-state index in [1.807, 2.05) is 13.0 Å². The lowest BCUT2D eigenvalue weighted by Gasteiger charge is -2.15. The summed E-state index contributed by atoms with van der Waals surface area (Å²) < 4.78 is 0. The number of hydrogen-bond donors (Lipinski definition) is 0. The van der Waals surface area contributed by atoms with Gasteiger partial charge in [-0.25, -0.2) is 0 Å². The van der Waals surface area contributed by atoms with Gasteiger partial charge in [0.2, 0.25) is 0 Å². The Hall–Kier alpha value is -2.74. The van der Waals surface area contributed by atoms with E-state index in [0.717, 1.165) is 41.4 Å². The summed E-state index contributed by atoms with van der Waals surface area (Å²) in [6.45, 7) is 15.3. The molecule has 0 saturated heterocycles. The van der Waals surface area contributed by atoms with E-state index in [9.17, 15) is 4.79 Å². The second-order valence-corrected chi connectivity index (χ2v) is 10.3. The molecule has 180 valence electrons. The van der Waals surface area contributed by atoms with Gasteiger partial charge in [0.25, 0.3) is 0 Å². The maximum absolute atomic E-state index is 13.2. The minimum Gasteiger partial charge on any atom is -0.294 e. The molecule has 2 unspecified atom stereocenters. The fraction of sp³-hybridized carbons (Fsp3) is 0.438. The number of rotatable bonds is 8. The topological polar surface area (TPSA) is 30.0 Å². The van der Waals surface area contributed by atoms with Crippen molar-refractivity contribution in [3.63, 3.8) is 0 Å². The molecule has 0 N–H and O–H groups in total. The molecule has 1 aliphatic carbocycles. The molecule has 0 amide bonds. The van der Waals surface area contributed by atoms with Crippen LogP contribution in [0.5, 0.6) is 0 Å². The van der Waals surface area contributed by atoms with E-state index in [4.69, 9.17) is 4.98 Å². The largest absolute Gasteiger partial charge is 0.294 e. The van der Waals surface area contributed by atoms with Crippen LogP contribution in [-0.2, 0) is 4.79 Å². The number of aryl methyl sites for hydroxylation is 1. The van der Waals surface area contributed by atoms with Crippen LogP contribution >= 0.6 is 0 Å². The summed E-state index contributed by atoms with van der Waals surface area (Å²) in [6, 6.07) is 12.9. The number of carbonyl (C=O) groups is 1. The first-order valence-electron chi connectivity index (χ1n) is 12.9. The van der Waals surface area contributed by atoms with E-state index in [1.165, 1.54) is 33.9 Å². The van der Waals surface area contributed by atoms with Crippen LogP contribution in [-0.4, -0.2) is 10.8 Å². The van der Waals surface area contributed by atoms with E-state index in [0.29, 0.717) is 18.3 Å². The Morgan fingerprint density at radius 3 is 2.59 bits per heavy atom. The Balaban J connectivity index is 2.03. The van der Waals surface area contributed by atoms with Crippen molar-refractivity contribution in [3.8, 4) is 0 Å². The molecule has 1 aromatic heterocycles. The predicted molar refractivity (Wildman–Crippen MR) is 147 cm³/mol. The molecule has 0 spiro atoms. The summed E-state index contributed by atoms with van der Waals surface area (Å²) in [6.07, 6.45) is 9.20. The molecule has 2 aromatic rings. The number of nitrogens with zero attached hydrogens (tertiary/aromatic N) is 1. The molecule has 0 saturated carbocycles. The van der Waals surface area contributed by atoms with Crippen molar-refractivity contribution in [2.75, 3.05) is 0 Å². The number of aromatic nitrogens is 1. The van der Waals surface area contributed by atoms with Gasteiger partial charge in [-0.2, -0.15) is 0 Å². The van der Waals surface area contributed by atoms with Gasteiger partial charge in [0.15, 0.2) is 5.78 Å². The second-order valence-electron chi connectivity index (χ2n) is 10.3. The van der Waals surface area contributed by atoms with Crippen LogP contribution in [0.25, 0.3) is 22.8 Å². The molecular weight excluding hydrogens is 414 g/mol. The van der Waals surface area contributed by atoms with Crippen molar-refractivity contribution >= 4 is 28.6 Å². The summed E-state index contributed by atoms with van der Waals surface area (Å²) in [7, 11) is 0. The quantitative estimate of drug-likeness (QED) is 0.427. The molecule has 3 rings (SSSR count). The Morgan fingerprint density at radius 2 is 1.88 bits per heavy atom. The van der Waals surface area contributed by atoms with Gasteiger partial charge in [-0.15, -0.1) is 0 Å². The van der Waals surface area contributed by atoms with Crippen LogP contribution in [0.2, 0.25) is 0 Å². The minimum absolute atomic E-state index is 0.276. The Bertz CT molecular complexity index is 1230. The lowest BCUT2D eigenvalue weighted by molar-refractivity contribution is -0.115. The molecule has 1 aliphatic rings. The van der Waals surface area contributed by atoms with Gasteiger partial charge in [-0.3, -0.25) is 9.78 Å². The summed E-state index contributed by atoms with van der Waals surface area (Å²) in [5, 5.41) is 2.40. The Morgan fingerprint density at radius 1 is 1.12 bits per heavy atom. The van der Waals surface area contributed by atoms with Gasteiger partial charge in [-0.1, -0.05) is 63.5 Å². The highest BCUT2D eigenvalue weighted by atomic mass is 16.1. The van der Waals surface area contributed by atoms with Gasteiger partial charge in [-0.05, 0) is 104 Å². The van der Waals surface area contributed by atoms with Crippen LogP contribution < -0.4 is 10.4 Å². The lowest BCUT2D eigenvalue weighted by Crippen LogP contribution is -2.29. The number of ketones is 1. The highest BCUT2D eigenvalue weighted by Crippen LogP contribution is 2.24. The number of hydrogen-bond acceptors (Lipinski definition) is 2. The first kappa shape index (κ1) is 25.9. The van der Waals surface area contributed by atoms with E-state index < -0.39 is 0 Å². The van der Waals surface area contributed by atoms with Gasteiger partial charge in [0.05, 0.1) is 5.69 Å². The number of Topliss-reactive ketones (excluding diaryl/α,β-unsaturated/α-hetero) is 1. The van der Waals surface area contributed by atoms with E-state index in [-0.39, 0.29) is 5.78 Å². The number of carbonyl (C=O) groups excluding carboxylic acids is 1. The van der Waals surface area contributed by atoms with Crippen LogP contribution in [0.1, 0.15) is 90.6 Å². The first-order valence-corrected chi connectivity index (χ1v) is 12.9. The average Bonchev–Trinajstić information content (AvgIpc) is 2.81. The zero-order valence-electron chi connectivity index (χ0n) is 22.2. The molecule has 0 bridgehead atoms. The van der Waals surface area contributed by atoms with Crippen LogP contribution in [0, 0.1) is 18.8 Å². The van der Waals surface area contributed by atoms with Crippen LogP contribution in [0.15, 0.2) is 48.0 Å². The maximum Gasteiger partial charge on any atom is 0.162 e. The number of fused-ring (bicyclic) bond motifs is 1. The van der Waals surface area contributed by atoms with Gasteiger partial charge in [0, 0.05) is 17.7 Å². The molecule has 2 nitrogen and oxygen atoms in total. The maximum atomic E-state index is 13.2. The third-order valence-electron chi connectivity index (χ3n) is 7.30. The molecule has 0 fully saturated rings. The van der Waals surface area contributed by atoms with Gasteiger partial charge < -0.3 is 0 Å². The van der Waals surface area contributed by atoms with Crippen molar-refractivity contribution in [3.05, 3.63) is 75.4 Å². The van der Waals surface area contributed by atoms with Crippen molar-refractivity contribution in [2.24, 2.45) is 11.8 Å². The molecule has 34 heavy (non-hydrogen) atoms. The fourth-order valence-electron chi connectivity index (χ4n) is 4.77. The van der Waals surface area contributed by atoms with Crippen molar-refractivity contribution in [1.82, 2.24) is 4.98 Å². The molecule has 2 atom stereocenters. The summed E-state index contributed by atoms with van der Waals surface area (Å²) >= 11 is 0. The summed E-state index contributed by atoms with van der Waals surface area (Å²) in [5.41, 5.74) is 7.87. The van der Waals surface area contributed by atoms with Crippen LogP contribution in [0.3, 0.4) is 0 Å². The predicted octanol–water partition coefficient (Wildman–Crippen LogP) is 7.04. The lowest BCUT2D eigenvalue weighted by atomic mass is 9.90. The SMILES string of the molecule is CCC(C)CCCC(=O)C1=C\C(C)C\C(C)=c2/ccc(/C(C)=C(/C)c3cccc(C)n3)c/c2=C/1. The molecular formula is C32H41NO. The molecule has 1 aromatic carbocycles. The van der Waals surface area contributed by atoms with Crippen molar-refractivity contribution in [1.29, 1.82) is 0 Å². The highest BCUT2D eigenvalue weighted by molar-refractivity contribution is 6.03. The first-order chi connectivity index (χ1) is 16.2. The third-order valence-corrected chi connectivity index (χ3v) is 7.30. The number of allylic oxidation sites excluding steroid dienone is 4. The van der Waals surface area contributed by atoms with Gasteiger partial charge in [0.1, 0.15) is 0 Å². The van der Waals surface area contributed by atoms with E-state index in [1.54, 1.807) is 0 Å². The minimum atomic E-state index is 0.276. The Kier molecular flexibility index (Phi) is 8.83. The second kappa shape index (κ2) is 11.6. The number of pyridine rings is 1. The fourth-order valence-corrected chi connectivity index (χ4v) is 4.77. The highest BCUT2D eigenvalue weighted by Gasteiger charge is 2.14. The molecule has 0 aliphatic heterocycles. The summed E-state index contributed by atoms with van der Waals surface area (Å²) in [5.74, 6) is 1.32. The molecule has 2 heteroatoms. The monoisotopic (exact) mass is 455 g/mol. The molecule has 1 heterocycles. The van der Waals surface area contributed by atoms with Crippen molar-refractivity contribution < 1.29 is 4.79 Å². The average molecular weight is 456 g/mol. The Labute approximate surface area is 206 Å². The van der Waals surface area contributed by atoms with E-state index in [2.05, 4.69) is 84.0 Å². The zero-order chi connectivity index (χ0) is 24.8. The molecule has 0 radical (unpaired) electrons. The summed E-state index contributed by atoms with van der Waals surface area (Å²) in [4.78, 5) is 17.9. The number of benzene rings is 1. The normalized spacial score (nSPS) is 21.7. The smallest absolute Gasteiger partial charge is 0.162 e.